The van der Waals surface area contributed by atoms with E-state index in [1.165, 1.54) is 6.20 Å². The van der Waals surface area contributed by atoms with Gasteiger partial charge in [-0.05, 0) is 43.3 Å². The van der Waals surface area contributed by atoms with Crippen molar-refractivity contribution in [1.29, 1.82) is 0 Å². The second-order valence-electron chi connectivity index (χ2n) is 5.13. The minimum atomic E-state index is -0.330. The normalized spacial score (nSPS) is 10.3. The summed E-state index contributed by atoms with van der Waals surface area (Å²) in [6.07, 6.45) is 1.50. The lowest BCUT2D eigenvalue weighted by molar-refractivity contribution is 0.252. The zero-order valence-corrected chi connectivity index (χ0v) is 13.9. The molecule has 2 amide bonds. The number of nitrogens with one attached hydrogen (secondary N) is 3. The molecule has 3 aromatic rings. The number of rotatable bonds is 5. The van der Waals surface area contributed by atoms with E-state index in [9.17, 15) is 4.79 Å². The molecule has 0 aliphatic carbocycles. The first-order valence-electron chi connectivity index (χ1n) is 7.77. The third-order valence-corrected chi connectivity index (χ3v) is 3.35. The lowest BCUT2D eigenvalue weighted by Gasteiger charge is -2.08. The number of hydrogen-bond donors (Lipinski definition) is 3. The molecule has 8 heteroatoms. The fourth-order valence-corrected chi connectivity index (χ4v) is 2.17. The van der Waals surface area contributed by atoms with Crippen LogP contribution >= 0.6 is 0 Å². The molecule has 0 saturated carbocycles. The van der Waals surface area contributed by atoms with Crippen LogP contribution in [0.5, 0.6) is 5.75 Å². The fraction of sp³-hybridized carbons (Fsp3) is 0.176. The topological polar surface area (TPSA) is 101 Å². The highest BCUT2D eigenvalue weighted by atomic mass is 16.5. The maximum absolute atomic E-state index is 11.6. The molecule has 0 unspecified atom stereocenters. The van der Waals surface area contributed by atoms with Gasteiger partial charge in [-0.15, -0.1) is 0 Å². The molecule has 0 bridgehead atoms. The molecule has 2 heterocycles. The van der Waals surface area contributed by atoms with Gasteiger partial charge in [0.2, 0.25) is 0 Å². The summed E-state index contributed by atoms with van der Waals surface area (Å²) in [5.41, 5.74) is 1.95. The molecule has 1 aromatic carbocycles. The Morgan fingerprint density at radius 1 is 1.08 bits per heavy atom. The summed E-state index contributed by atoms with van der Waals surface area (Å²) in [5, 5.41) is 8.45. The number of pyridine rings is 1. The molecule has 0 spiro atoms. The van der Waals surface area contributed by atoms with E-state index in [2.05, 4.69) is 30.9 Å². The lowest BCUT2D eigenvalue weighted by Crippen LogP contribution is -2.28. The number of benzene rings is 1. The van der Waals surface area contributed by atoms with Gasteiger partial charge in [-0.1, -0.05) is 0 Å². The number of carbonyl (C=O) groups excluding carboxylic acids is 1. The van der Waals surface area contributed by atoms with Gasteiger partial charge in [-0.2, -0.15) is 0 Å². The van der Waals surface area contributed by atoms with E-state index >= 15 is 0 Å². The molecule has 0 atom stereocenters. The molecule has 2 aromatic heterocycles. The maximum Gasteiger partial charge on any atom is 0.320 e. The minimum Gasteiger partial charge on any atom is -0.497 e. The van der Waals surface area contributed by atoms with Crippen LogP contribution in [0.15, 0.2) is 42.6 Å². The second kappa shape index (κ2) is 7.43. The summed E-state index contributed by atoms with van der Waals surface area (Å²) in [5.74, 6) is 1.75. The molecule has 8 nitrogen and oxygen atoms in total. The minimum absolute atomic E-state index is 0.330. The van der Waals surface area contributed by atoms with E-state index in [0.717, 1.165) is 11.4 Å². The highest BCUT2D eigenvalue weighted by molar-refractivity contribution is 5.89. The molecule has 0 fully saturated rings. The summed E-state index contributed by atoms with van der Waals surface area (Å²) in [6.45, 7) is 2.37. The quantitative estimate of drug-likeness (QED) is 0.661. The predicted molar refractivity (Wildman–Crippen MR) is 96.3 cm³/mol. The standard InChI is InChI=1S/C17H18N6O2/c1-3-18-17(24)23-15-10-19-13-8-9-14(21-16(13)22-15)20-11-4-6-12(25-2)7-5-11/h4-10H,3H2,1-2H3,(H3,18,20,21,22,23,24). The number of fused-ring (bicyclic) bond motifs is 1. The van der Waals surface area contributed by atoms with Crippen molar-refractivity contribution < 1.29 is 9.53 Å². The van der Waals surface area contributed by atoms with Gasteiger partial charge in [-0.3, -0.25) is 5.32 Å². The number of urea groups is 1. The number of hydrogen-bond acceptors (Lipinski definition) is 6. The number of ether oxygens (including phenoxy) is 1. The van der Waals surface area contributed by atoms with Gasteiger partial charge in [-0.25, -0.2) is 19.7 Å². The summed E-state index contributed by atoms with van der Waals surface area (Å²) in [4.78, 5) is 24.6. The second-order valence-corrected chi connectivity index (χ2v) is 5.13. The Balaban J connectivity index is 1.80. The van der Waals surface area contributed by atoms with Gasteiger partial charge < -0.3 is 15.4 Å². The van der Waals surface area contributed by atoms with E-state index in [4.69, 9.17) is 4.74 Å². The Morgan fingerprint density at radius 2 is 1.84 bits per heavy atom. The Kier molecular flexibility index (Phi) is 4.89. The molecule has 3 rings (SSSR count). The highest BCUT2D eigenvalue weighted by Gasteiger charge is 2.06. The van der Waals surface area contributed by atoms with Crippen LogP contribution in [-0.2, 0) is 0 Å². The van der Waals surface area contributed by atoms with Gasteiger partial charge >= 0.3 is 6.03 Å². The number of amides is 2. The molecule has 128 valence electrons. The van der Waals surface area contributed by atoms with E-state index in [1.807, 2.05) is 43.3 Å². The summed E-state index contributed by atoms with van der Waals surface area (Å²) >= 11 is 0. The molecular weight excluding hydrogens is 320 g/mol. The van der Waals surface area contributed by atoms with E-state index < -0.39 is 0 Å². The van der Waals surface area contributed by atoms with Crippen molar-refractivity contribution >= 4 is 34.5 Å². The molecule has 0 aliphatic heterocycles. The summed E-state index contributed by atoms with van der Waals surface area (Å²) in [7, 11) is 1.62. The number of nitrogens with zero attached hydrogens (tertiary/aromatic N) is 3. The third kappa shape index (κ3) is 4.11. The van der Waals surface area contributed by atoms with Crippen molar-refractivity contribution in [3.05, 3.63) is 42.6 Å². The predicted octanol–water partition coefficient (Wildman–Crippen LogP) is 2.92. The molecule has 3 N–H and O–H groups in total. The Bertz CT molecular complexity index is 882. The molecular formula is C17H18N6O2. The number of anilines is 3. The highest BCUT2D eigenvalue weighted by Crippen LogP contribution is 2.20. The van der Waals surface area contributed by atoms with Gasteiger partial charge in [0, 0.05) is 12.2 Å². The monoisotopic (exact) mass is 338 g/mol. The Hall–Kier alpha value is -3.42. The van der Waals surface area contributed by atoms with Gasteiger partial charge in [0.25, 0.3) is 0 Å². The van der Waals surface area contributed by atoms with E-state index in [1.54, 1.807) is 7.11 Å². The molecule has 25 heavy (non-hydrogen) atoms. The average molecular weight is 338 g/mol. The van der Waals surface area contributed by atoms with Crippen LogP contribution in [0.1, 0.15) is 6.92 Å². The summed E-state index contributed by atoms with van der Waals surface area (Å²) < 4.78 is 5.14. The van der Waals surface area contributed by atoms with Crippen LogP contribution < -0.4 is 20.7 Å². The number of methoxy groups -OCH3 is 1. The SMILES string of the molecule is CCNC(=O)Nc1cnc2ccc(Nc3ccc(OC)cc3)nc2n1. The molecule has 0 aliphatic rings. The Morgan fingerprint density at radius 3 is 2.56 bits per heavy atom. The number of aromatic nitrogens is 3. The molecule has 0 saturated heterocycles. The average Bonchev–Trinajstić information content (AvgIpc) is 2.62. The first-order valence-corrected chi connectivity index (χ1v) is 7.77. The first kappa shape index (κ1) is 16.4. The van der Waals surface area contributed by atoms with Crippen molar-refractivity contribution in [2.75, 3.05) is 24.3 Å². The third-order valence-electron chi connectivity index (χ3n) is 3.35. The Labute approximate surface area is 144 Å². The summed E-state index contributed by atoms with van der Waals surface area (Å²) in [6, 6.07) is 10.8. The van der Waals surface area contributed by atoms with Crippen molar-refractivity contribution in [2.24, 2.45) is 0 Å². The zero-order valence-electron chi connectivity index (χ0n) is 13.9. The lowest BCUT2D eigenvalue weighted by atomic mass is 10.3. The van der Waals surface area contributed by atoms with Crippen LogP contribution in [0.4, 0.5) is 22.1 Å². The van der Waals surface area contributed by atoms with Crippen LogP contribution in [0.3, 0.4) is 0 Å². The fourth-order valence-electron chi connectivity index (χ4n) is 2.17. The largest absolute Gasteiger partial charge is 0.497 e. The van der Waals surface area contributed by atoms with Crippen molar-refractivity contribution in [2.45, 2.75) is 6.92 Å². The first-order chi connectivity index (χ1) is 12.2. The van der Waals surface area contributed by atoms with Crippen molar-refractivity contribution in [3.8, 4) is 5.75 Å². The van der Waals surface area contributed by atoms with E-state index in [-0.39, 0.29) is 6.03 Å². The zero-order chi connectivity index (χ0) is 17.6. The number of carbonyl (C=O) groups is 1. The smallest absolute Gasteiger partial charge is 0.320 e. The van der Waals surface area contributed by atoms with Gasteiger partial charge in [0.15, 0.2) is 11.5 Å². The van der Waals surface area contributed by atoms with Crippen LogP contribution in [-0.4, -0.2) is 34.6 Å². The van der Waals surface area contributed by atoms with Crippen LogP contribution in [0.25, 0.3) is 11.2 Å². The van der Waals surface area contributed by atoms with Gasteiger partial charge in [0.05, 0.1) is 13.3 Å². The van der Waals surface area contributed by atoms with Crippen LogP contribution in [0, 0.1) is 0 Å². The van der Waals surface area contributed by atoms with Gasteiger partial charge in [0.1, 0.15) is 17.1 Å². The van der Waals surface area contributed by atoms with Crippen molar-refractivity contribution in [1.82, 2.24) is 20.3 Å². The van der Waals surface area contributed by atoms with E-state index in [0.29, 0.717) is 29.3 Å². The maximum atomic E-state index is 11.6. The molecule has 0 radical (unpaired) electrons. The van der Waals surface area contributed by atoms with Crippen molar-refractivity contribution in [3.63, 3.8) is 0 Å². The van der Waals surface area contributed by atoms with Crippen LogP contribution in [0.2, 0.25) is 0 Å².